The van der Waals surface area contributed by atoms with Gasteiger partial charge in [-0.15, -0.1) is 0 Å². The van der Waals surface area contributed by atoms with Crippen molar-refractivity contribution in [3.8, 4) is 0 Å². The van der Waals surface area contributed by atoms with Crippen molar-refractivity contribution in [3.05, 3.63) is 54.4 Å². The number of fused-ring (bicyclic) bond motifs is 1. The van der Waals surface area contributed by atoms with Crippen LogP contribution in [0.1, 0.15) is 11.5 Å². The molecule has 2 aromatic heterocycles. The monoisotopic (exact) mass is 398 g/mol. The Morgan fingerprint density at radius 2 is 1.89 bits per heavy atom. The number of nitrogens with zero attached hydrogens (tertiary/aromatic N) is 3. The van der Waals surface area contributed by atoms with E-state index in [1.807, 2.05) is 18.2 Å². The standard InChI is InChI=1S/C20H22N4O3S/c25-28(26,18-2-4-20(22-14-18)23-7-9-27-10-8-23)24-6-5-16-11-15(1-3-19(16)24)17-12-21-13-17/h1-6,11,14,17,21H,7-10,12-13H2. The Morgan fingerprint density at radius 1 is 1.07 bits per heavy atom. The number of nitrogens with one attached hydrogen (secondary N) is 1. The maximum Gasteiger partial charge on any atom is 0.269 e. The van der Waals surface area contributed by atoms with Gasteiger partial charge in [-0.3, -0.25) is 0 Å². The van der Waals surface area contributed by atoms with Gasteiger partial charge in [-0.2, -0.15) is 0 Å². The molecule has 0 amide bonds. The van der Waals surface area contributed by atoms with Crippen molar-refractivity contribution in [1.82, 2.24) is 14.3 Å². The van der Waals surface area contributed by atoms with Gasteiger partial charge >= 0.3 is 0 Å². The van der Waals surface area contributed by atoms with Gasteiger partial charge in [-0.1, -0.05) is 6.07 Å². The molecule has 0 saturated carbocycles. The smallest absolute Gasteiger partial charge is 0.269 e. The van der Waals surface area contributed by atoms with Crippen LogP contribution in [-0.4, -0.2) is 56.8 Å². The fourth-order valence-corrected chi connectivity index (χ4v) is 5.04. The molecule has 0 bridgehead atoms. The zero-order valence-corrected chi connectivity index (χ0v) is 16.2. The number of hydrogen-bond acceptors (Lipinski definition) is 6. The third-order valence-corrected chi connectivity index (χ3v) is 7.22. The number of rotatable bonds is 4. The lowest BCUT2D eigenvalue weighted by Gasteiger charge is -2.27. The van der Waals surface area contributed by atoms with E-state index in [0.29, 0.717) is 24.6 Å². The highest BCUT2D eigenvalue weighted by molar-refractivity contribution is 7.90. The van der Waals surface area contributed by atoms with Crippen molar-refractivity contribution >= 4 is 26.7 Å². The van der Waals surface area contributed by atoms with Crippen molar-refractivity contribution in [2.45, 2.75) is 10.8 Å². The maximum absolute atomic E-state index is 13.2. The van der Waals surface area contributed by atoms with Gasteiger partial charge in [-0.25, -0.2) is 17.4 Å². The van der Waals surface area contributed by atoms with E-state index in [9.17, 15) is 8.42 Å². The fraction of sp³-hybridized carbons (Fsp3) is 0.350. The molecular formula is C20H22N4O3S. The quantitative estimate of drug-likeness (QED) is 0.722. The largest absolute Gasteiger partial charge is 0.378 e. The molecule has 2 aliphatic heterocycles. The number of benzene rings is 1. The second-order valence-corrected chi connectivity index (χ2v) is 9.06. The van der Waals surface area contributed by atoms with Gasteiger partial charge in [0.1, 0.15) is 10.7 Å². The Balaban J connectivity index is 1.46. The normalized spacial score (nSPS) is 18.4. The van der Waals surface area contributed by atoms with E-state index in [2.05, 4.69) is 21.3 Å². The van der Waals surface area contributed by atoms with Gasteiger partial charge in [0.05, 0.1) is 18.7 Å². The molecule has 4 heterocycles. The van der Waals surface area contributed by atoms with Gasteiger partial charge < -0.3 is 15.0 Å². The average Bonchev–Trinajstić information content (AvgIpc) is 3.12. The summed E-state index contributed by atoms with van der Waals surface area (Å²) in [6.07, 6.45) is 3.07. The summed E-state index contributed by atoms with van der Waals surface area (Å²) in [7, 11) is -3.70. The summed E-state index contributed by atoms with van der Waals surface area (Å²) < 4.78 is 33.0. The van der Waals surface area contributed by atoms with Gasteiger partial charge in [0.25, 0.3) is 10.0 Å². The van der Waals surface area contributed by atoms with Crippen LogP contribution < -0.4 is 10.2 Å². The molecule has 8 heteroatoms. The molecule has 1 N–H and O–H groups in total. The minimum absolute atomic E-state index is 0.189. The Kier molecular flexibility index (Phi) is 4.34. The Hall–Kier alpha value is -2.42. The summed E-state index contributed by atoms with van der Waals surface area (Å²) in [5, 5.41) is 4.20. The van der Waals surface area contributed by atoms with Crippen LogP contribution in [0, 0.1) is 0 Å². The maximum atomic E-state index is 13.2. The number of hydrogen-bond donors (Lipinski definition) is 1. The molecule has 5 rings (SSSR count). The number of aromatic nitrogens is 2. The highest BCUT2D eigenvalue weighted by Crippen LogP contribution is 2.27. The summed E-state index contributed by atoms with van der Waals surface area (Å²) in [6, 6.07) is 11.3. The molecule has 2 aliphatic rings. The molecule has 0 unspecified atom stereocenters. The predicted octanol–water partition coefficient (Wildman–Crippen LogP) is 1.80. The third kappa shape index (κ3) is 2.97. The van der Waals surface area contributed by atoms with Crippen molar-refractivity contribution in [2.24, 2.45) is 0 Å². The topological polar surface area (TPSA) is 76.5 Å². The third-order valence-electron chi connectivity index (χ3n) is 5.54. The highest BCUT2D eigenvalue weighted by Gasteiger charge is 2.23. The first-order chi connectivity index (χ1) is 13.6. The molecular weight excluding hydrogens is 376 g/mol. The van der Waals surface area contributed by atoms with Gasteiger partial charge in [0.15, 0.2) is 0 Å². The molecule has 0 aliphatic carbocycles. The first-order valence-corrected chi connectivity index (χ1v) is 10.9. The Bertz CT molecular complexity index is 1100. The number of morpholine rings is 1. The van der Waals surface area contributed by atoms with Crippen LogP contribution in [0.4, 0.5) is 5.82 Å². The van der Waals surface area contributed by atoms with E-state index >= 15 is 0 Å². The van der Waals surface area contributed by atoms with E-state index in [4.69, 9.17) is 4.74 Å². The summed E-state index contributed by atoms with van der Waals surface area (Å²) in [6.45, 7) is 4.81. The van der Waals surface area contributed by atoms with Gasteiger partial charge in [0.2, 0.25) is 0 Å². The van der Waals surface area contributed by atoms with Crippen LogP contribution in [-0.2, 0) is 14.8 Å². The van der Waals surface area contributed by atoms with Crippen molar-refractivity contribution in [2.75, 3.05) is 44.3 Å². The number of anilines is 1. The molecule has 146 valence electrons. The second-order valence-electron chi connectivity index (χ2n) is 7.24. The fourth-order valence-electron chi connectivity index (χ4n) is 3.74. The van der Waals surface area contributed by atoms with Gasteiger partial charge in [-0.05, 0) is 35.9 Å². The number of ether oxygens (including phenoxy) is 1. The highest BCUT2D eigenvalue weighted by atomic mass is 32.2. The second kappa shape index (κ2) is 6.88. The van der Waals surface area contributed by atoms with E-state index in [1.54, 1.807) is 18.3 Å². The van der Waals surface area contributed by atoms with Gasteiger partial charge in [0, 0.05) is 49.9 Å². The minimum atomic E-state index is -3.70. The molecule has 1 aromatic carbocycles. The Labute approximate surface area is 164 Å². The van der Waals surface area contributed by atoms with E-state index < -0.39 is 10.0 Å². The van der Waals surface area contributed by atoms with E-state index in [-0.39, 0.29) is 4.90 Å². The molecule has 2 fully saturated rings. The molecule has 28 heavy (non-hydrogen) atoms. The van der Waals surface area contributed by atoms with Crippen LogP contribution >= 0.6 is 0 Å². The SMILES string of the molecule is O=S(=O)(c1ccc(N2CCOCC2)nc1)n1ccc2cc(C3CNC3)ccc21. The predicted molar refractivity (Wildman–Crippen MR) is 107 cm³/mol. The van der Waals surface area contributed by atoms with Crippen molar-refractivity contribution in [3.63, 3.8) is 0 Å². The molecule has 0 atom stereocenters. The summed E-state index contributed by atoms with van der Waals surface area (Å²) in [5.41, 5.74) is 1.94. The lowest BCUT2D eigenvalue weighted by Crippen LogP contribution is -2.39. The lowest BCUT2D eigenvalue weighted by molar-refractivity contribution is 0.122. The zero-order valence-electron chi connectivity index (χ0n) is 15.4. The van der Waals surface area contributed by atoms with Crippen LogP contribution in [0.25, 0.3) is 10.9 Å². The molecule has 0 radical (unpaired) electrons. The van der Waals surface area contributed by atoms with Crippen LogP contribution in [0.2, 0.25) is 0 Å². The molecule has 2 saturated heterocycles. The van der Waals surface area contributed by atoms with E-state index in [1.165, 1.54) is 15.7 Å². The summed E-state index contributed by atoms with van der Waals surface area (Å²) >= 11 is 0. The van der Waals surface area contributed by atoms with Crippen LogP contribution in [0.15, 0.2) is 53.7 Å². The van der Waals surface area contributed by atoms with Crippen molar-refractivity contribution in [1.29, 1.82) is 0 Å². The Morgan fingerprint density at radius 3 is 2.57 bits per heavy atom. The number of pyridine rings is 1. The summed E-state index contributed by atoms with van der Waals surface area (Å²) in [5.74, 6) is 1.29. The molecule has 0 spiro atoms. The van der Waals surface area contributed by atoms with Crippen LogP contribution in [0.5, 0.6) is 0 Å². The van der Waals surface area contributed by atoms with Crippen molar-refractivity contribution < 1.29 is 13.2 Å². The zero-order chi connectivity index (χ0) is 19.1. The molecule has 7 nitrogen and oxygen atoms in total. The summed E-state index contributed by atoms with van der Waals surface area (Å²) in [4.78, 5) is 6.67. The first-order valence-electron chi connectivity index (χ1n) is 9.49. The minimum Gasteiger partial charge on any atom is -0.378 e. The van der Waals surface area contributed by atoms with E-state index in [0.717, 1.165) is 37.4 Å². The average molecular weight is 398 g/mol. The van der Waals surface area contributed by atoms with Crippen LogP contribution in [0.3, 0.4) is 0 Å². The lowest BCUT2D eigenvalue weighted by atomic mass is 9.93. The molecule has 3 aromatic rings. The first kappa shape index (κ1) is 17.7.